The topological polar surface area (TPSA) is 0 Å². The van der Waals surface area contributed by atoms with Crippen molar-refractivity contribution in [3.8, 4) is 33.4 Å². The van der Waals surface area contributed by atoms with E-state index in [0.717, 1.165) is 55.2 Å². The summed E-state index contributed by atoms with van der Waals surface area (Å²) in [5.74, 6) is -2.23. The van der Waals surface area contributed by atoms with Crippen LogP contribution < -0.4 is 0 Å². The predicted molar refractivity (Wildman–Crippen MR) is 149 cm³/mol. The number of hydrogen-bond acceptors (Lipinski definition) is 0. The molecule has 0 nitrogen and oxygen atoms in total. The van der Waals surface area contributed by atoms with Crippen molar-refractivity contribution in [2.75, 3.05) is 0 Å². The Labute approximate surface area is 218 Å². The van der Waals surface area contributed by atoms with E-state index in [9.17, 15) is 8.78 Å². The van der Waals surface area contributed by atoms with E-state index < -0.39 is 17.5 Å². The second-order valence-electron chi connectivity index (χ2n) is 9.51. The normalized spacial score (nSPS) is 11.0. The SMILES string of the molecule is C=CCCCc1ccc(-c2ccc(-c3ccc(-c4ccc(CCCCC)c(F)c4F)cc3F)cc2)cc1. The lowest BCUT2D eigenvalue weighted by molar-refractivity contribution is 0.498. The van der Waals surface area contributed by atoms with Crippen molar-refractivity contribution < 1.29 is 13.2 Å². The van der Waals surface area contributed by atoms with E-state index in [0.29, 0.717) is 23.1 Å². The molecule has 0 spiro atoms. The van der Waals surface area contributed by atoms with Crippen molar-refractivity contribution in [2.45, 2.75) is 51.9 Å². The van der Waals surface area contributed by atoms with Crippen LogP contribution in [0, 0.1) is 17.5 Å². The maximum atomic E-state index is 15.1. The first-order chi connectivity index (χ1) is 18.0. The number of benzene rings is 4. The predicted octanol–water partition coefficient (Wildman–Crippen LogP) is 10.3. The Balaban J connectivity index is 1.50. The average Bonchev–Trinajstić information content (AvgIpc) is 2.92. The fourth-order valence-corrected chi connectivity index (χ4v) is 4.64. The summed E-state index contributed by atoms with van der Waals surface area (Å²) in [5, 5.41) is 0. The molecule has 0 unspecified atom stereocenters. The molecule has 37 heavy (non-hydrogen) atoms. The third kappa shape index (κ3) is 6.40. The van der Waals surface area contributed by atoms with Crippen LogP contribution >= 0.6 is 0 Å². The molecule has 0 heterocycles. The first kappa shape index (κ1) is 26.5. The minimum absolute atomic E-state index is 0.0745. The van der Waals surface area contributed by atoms with E-state index >= 15 is 4.39 Å². The van der Waals surface area contributed by atoms with Crippen molar-refractivity contribution >= 4 is 0 Å². The number of allylic oxidation sites excluding steroid dienone is 1. The Hall–Kier alpha value is -3.59. The monoisotopic (exact) mass is 498 g/mol. The first-order valence-electron chi connectivity index (χ1n) is 13.1. The molecule has 190 valence electrons. The van der Waals surface area contributed by atoms with Crippen molar-refractivity contribution in [3.63, 3.8) is 0 Å². The molecule has 0 amide bonds. The number of halogens is 3. The molecule has 4 rings (SSSR count). The lowest BCUT2D eigenvalue weighted by atomic mass is 9.96. The number of aryl methyl sites for hydroxylation is 2. The van der Waals surface area contributed by atoms with Gasteiger partial charge in [-0.1, -0.05) is 98.6 Å². The molecule has 0 aliphatic rings. The maximum Gasteiger partial charge on any atom is 0.166 e. The molecule has 0 N–H and O–H groups in total. The van der Waals surface area contributed by atoms with Gasteiger partial charge in [0.15, 0.2) is 11.6 Å². The Bertz CT molecular complexity index is 1340. The Kier molecular flexibility index (Phi) is 9.00. The van der Waals surface area contributed by atoms with E-state index in [1.165, 1.54) is 11.6 Å². The molecule has 4 aromatic rings. The molecular formula is C34H33F3. The minimum atomic E-state index is -0.919. The third-order valence-electron chi connectivity index (χ3n) is 6.85. The smallest absolute Gasteiger partial charge is 0.166 e. The molecule has 0 saturated heterocycles. The molecule has 0 aliphatic carbocycles. The zero-order valence-corrected chi connectivity index (χ0v) is 21.4. The van der Waals surface area contributed by atoms with Gasteiger partial charge in [0.25, 0.3) is 0 Å². The van der Waals surface area contributed by atoms with Gasteiger partial charge in [-0.05, 0) is 71.6 Å². The fraction of sp³-hybridized carbons (Fsp3) is 0.235. The molecule has 0 bridgehead atoms. The van der Waals surface area contributed by atoms with Crippen LogP contribution in [0.5, 0.6) is 0 Å². The second kappa shape index (κ2) is 12.6. The van der Waals surface area contributed by atoms with Gasteiger partial charge in [-0.25, -0.2) is 13.2 Å². The summed E-state index contributed by atoms with van der Waals surface area (Å²) in [6.45, 7) is 5.83. The van der Waals surface area contributed by atoms with Crippen LogP contribution in [0.4, 0.5) is 13.2 Å². The molecule has 0 fully saturated rings. The van der Waals surface area contributed by atoms with Gasteiger partial charge in [-0.3, -0.25) is 0 Å². The van der Waals surface area contributed by atoms with Crippen molar-refractivity contribution in [1.29, 1.82) is 0 Å². The van der Waals surface area contributed by atoms with E-state index in [1.807, 2.05) is 30.3 Å². The van der Waals surface area contributed by atoms with E-state index in [1.54, 1.807) is 24.3 Å². The summed E-state index contributed by atoms with van der Waals surface area (Å²) in [6, 6.07) is 23.9. The lowest BCUT2D eigenvalue weighted by Gasteiger charge is -2.11. The third-order valence-corrected chi connectivity index (χ3v) is 6.85. The number of hydrogen-bond donors (Lipinski definition) is 0. The molecule has 0 atom stereocenters. The van der Waals surface area contributed by atoms with E-state index in [-0.39, 0.29) is 5.56 Å². The van der Waals surface area contributed by atoms with Gasteiger partial charge < -0.3 is 0 Å². The van der Waals surface area contributed by atoms with Crippen LogP contribution in [-0.2, 0) is 12.8 Å². The molecule has 3 heteroatoms. The van der Waals surface area contributed by atoms with Gasteiger partial charge >= 0.3 is 0 Å². The largest absolute Gasteiger partial charge is 0.206 e. The van der Waals surface area contributed by atoms with Crippen LogP contribution in [0.3, 0.4) is 0 Å². The van der Waals surface area contributed by atoms with Crippen molar-refractivity contribution in [2.24, 2.45) is 0 Å². The van der Waals surface area contributed by atoms with Gasteiger partial charge in [0.1, 0.15) is 5.82 Å². The molecule has 0 aliphatic heterocycles. The molecule has 0 saturated carbocycles. The highest BCUT2D eigenvalue weighted by Gasteiger charge is 2.16. The Morgan fingerprint density at radius 1 is 0.622 bits per heavy atom. The molecule has 0 radical (unpaired) electrons. The average molecular weight is 499 g/mol. The Morgan fingerprint density at radius 2 is 1.24 bits per heavy atom. The van der Waals surface area contributed by atoms with E-state index in [2.05, 4.69) is 37.8 Å². The summed E-state index contributed by atoms with van der Waals surface area (Å²) < 4.78 is 44.5. The van der Waals surface area contributed by atoms with Crippen LogP contribution in [-0.4, -0.2) is 0 Å². The molecular weight excluding hydrogens is 465 g/mol. The zero-order valence-electron chi connectivity index (χ0n) is 21.4. The second-order valence-corrected chi connectivity index (χ2v) is 9.51. The first-order valence-corrected chi connectivity index (χ1v) is 13.1. The van der Waals surface area contributed by atoms with Crippen LogP contribution in [0.1, 0.15) is 50.2 Å². The lowest BCUT2D eigenvalue weighted by Crippen LogP contribution is -1.98. The summed E-state index contributed by atoms with van der Waals surface area (Å²) in [5.41, 5.74) is 5.37. The summed E-state index contributed by atoms with van der Waals surface area (Å²) in [4.78, 5) is 0. The molecule has 0 aromatic heterocycles. The fourth-order valence-electron chi connectivity index (χ4n) is 4.64. The molecule has 4 aromatic carbocycles. The van der Waals surface area contributed by atoms with Crippen LogP contribution in [0.2, 0.25) is 0 Å². The highest BCUT2D eigenvalue weighted by atomic mass is 19.2. The van der Waals surface area contributed by atoms with Gasteiger partial charge in [0.05, 0.1) is 0 Å². The van der Waals surface area contributed by atoms with Crippen LogP contribution in [0.25, 0.3) is 33.4 Å². The highest BCUT2D eigenvalue weighted by molar-refractivity contribution is 5.74. The van der Waals surface area contributed by atoms with Crippen molar-refractivity contribution in [3.05, 3.63) is 120 Å². The zero-order chi connectivity index (χ0) is 26.2. The Morgan fingerprint density at radius 3 is 1.89 bits per heavy atom. The number of rotatable bonds is 11. The van der Waals surface area contributed by atoms with Crippen molar-refractivity contribution in [1.82, 2.24) is 0 Å². The summed E-state index contributed by atoms with van der Waals surface area (Å²) >= 11 is 0. The summed E-state index contributed by atoms with van der Waals surface area (Å²) in [6.07, 6.45) is 8.37. The van der Waals surface area contributed by atoms with Gasteiger partial charge in [0, 0.05) is 11.1 Å². The van der Waals surface area contributed by atoms with Gasteiger partial charge in [0.2, 0.25) is 0 Å². The van der Waals surface area contributed by atoms with Gasteiger partial charge in [-0.2, -0.15) is 0 Å². The standard InChI is InChI=1S/C34H33F3/c1-3-5-7-9-24-11-13-25(14-12-24)26-15-17-27(18-16-26)30-21-20-29(23-32(30)35)31-22-19-28(10-8-6-4-2)33(36)34(31)37/h3,11-23H,1,4-10H2,2H3. The minimum Gasteiger partial charge on any atom is -0.206 e. The summed E-state index contributed by atoms with van der Waals surface area (Å²) in [7, 11) is 0. The number of unbranched alkanes of at least 4 members (excludes halogenated alkanes) is 3. The maximum absolute atomic E-state index is 15.1. The van der Waals surface area contributed by atoms with E-state index in [4.69, 9.17) is 0 Å². The van der Waals surface area contributed by atoms with Crippen LogP contribution in [0.15, 0.2) is 91.5 Å². The van der Waals surface area contributed by atoms with Gasteiger partial charge in [-0.15, -0.1) is 6.58 Å². The quantitative estimate of drug-likeness (QED) is 0.142. The highest BCUT2D eigenvalue weighted by Crippen LogP contribution is 2.32.